The maximum Gasteiger partial charge on any atom is 0.348 e. The highest BCUT2D eigenvalue weighted by Gasteiger charge is 2.01. The van der Waals surface area contributed by atoms with Gasteiger partial charge in [-0.25, -0.2) is 4.98 Å². The molecule has 0 bridgehead atoms. The smallest absolute Gasteiger partial charge is 0.338 e. The van der Waals surface area contributed by atoms with E-state index in [2.05, 4.69) is 23.1 Å². The second-order valence-corrected chi connectivity index (χ2v) is 4.66. The molecule has 0 fully saturated rings. The Kier molecular flexibility index (Phi) is 4.40. The predicted molar refractivity (Wildman–Crippen MR) is 68.4 cm³/mol. The Bertz CT molecular complexity index is 538. The zero-order valence-electron chi connectivity index (χ0n) is 9.08. The van der Waals surface area contributed by atoms with E-state index in [9.17, 15) is 4.57 Å². The lowest BCUT2D eigenvalue weighted by atomic mass is 10.3. The number of nitrogens with one attached hydrogen (secondary N) is 1. The summed E-state index contributed by atoms with van der Waals surface area (Å²) in [5, 5.41) is 0. The number of nitrogens with zero attached hydrogens (tertiary/aromatic N) is 1. The highest BCUT2D eigenvalue weighted by molar-refractivity contribution is 7.55. The van der Waals surface area contributed by atoms with Crippen LogP contribution < -0.4 is 0 Å². The lowest BCUT2D eigenvalue weighted by molar-refractivity contribution is 0.386. The molecule has 2 aromatic rings. The molecule has 1 heterocycles. The number of hydrogen-bond donors (Lipinski definition) is 3. The first-order chi connectivity index (χ1) is 7.96. The highest BCUT2D eigenvalue weighted by atomic mass is 31.2. The SMILES string of the molecule is C=CP(=O)(O)O.C=Cc1nc2ccccc2[nH]1. The summed E-state index contributed by atoms with van der Waals surface area (Å²) in [7, 11) is -3.88. The van der Waals surface area contributed by atoms with Crippen LogP contribution in [0.3, 0.4) is 0 Å². The third-order valence-corrected chi connectivity index (χ3v) is 2.31. The minimum atomic E-state index is -3.88. The van der Waals surface area contributed by atoms with E-state index in [1.165, 1.54) is 0 Å². The van der Waals surface area contributed by atoms with Gasteiger partial charge in [-0.05, 0) is 18.2 Å². The van der Waals surface area contributed by atoms with Gasteiger partial charge >= 0.3 is 7.60 Å². The van der Waals surface area contributed by atoms with Gasteiger partial charge in [-0.15, -0.1) is 0 Å². The fraction of sp³-hybridized carbons (Fsp3) is 0. The fourth-order valence-electron chi connectivity index (χ4n) is 1.07. The summed E-state index contributed by atoms with van der Waals surface area (Å²) in [6.07, 6.45) is 1.71. The van der Waals surface area contributed by atoms with Crippen LogP contribution in [-0.2, 0) is 4.57 Å². The number of para-hydroxylation sites is 2. The Labute approximate surface area is 98.7 Å². The van der Waals surface area contributed by atoms with E-state index in [0.717, 1.165) is 16.9 Å². The fourth-order valence-corrected chi connectivity index (χ4v) is 1.07. The minimum absolute atomic E-state index is 0.604. The third-order valence-electron chi connectivity index (χ3n) is 1.84. The number of fused-ring (bicyclic) bond motifs is 1. The summed E-state index contributed by atoms with van der Waals surface area (Å²) >= 11 is 0. The Morgan fingerprint density at radius 3 is 2.35 bits per heavy atom. The van der Waals surface area contributed by atoms with Crippen LogP contribution in [-0.4, -0.2) is 19.8 Å². The summed E-state index contributed by atoms with van der Waals surface area (Å²) in [6, 6.07) is 7.91. The molecule has 90 valence electrons. The van der Waals surface area contributed by atoms with Gasteiger partial charge in [0.05, 0.1) is 11.0 Å². The van der Waals surface area contributed by atoms with Crippen LogP contribution in [0.1, 0.15) is 5.82 Å². The molecule has 2 rings (SSSR count). The Morgan fingerprint density at radius 2 is 1.88 bits per heavy atom. The van der Waals surface area contributed by atoms with Crippen molar-refractivity contribution in [1.29, 1.82) is 0 Å². The van der Waals surface area contributed by atoms with E-state index in [-0.39, 0.29) is 0 Å². The van der Waals surface area contributed by atoms with Crippen LogP contribution in [0.15, 0.2) is 43.2 Å². The number of aromatic nitrogens is 2. The Morgan fingerprint density at radius 1 is 1.29 bits per heavy atom. The second kappa shape index (κ2) is 5.59. The maximum atomic E-state index is 9.58. The number of aromatic amines is 1. The van der Waals surface area contributed by atoms with Crippen molar-refractivity contribution in [2.45, 2.75) is 0 Å². The van der Waals surface area contributed by atoms with Crippen molar-refractivity contribution >= 4 is 24.7 Å². The van der Waals surface area contributed by atoms with Gasteiger partial charge < -0.3 is 14.8 Å². The summed E-state index contributed by atoms with van der Waals surface area (Å²) in [5.74, 6) is 1.43. The standard InChI is InChI=1S/C9H8N2.C2H5O3P/c1-2-9-10-7-5-3-4-6-8(7)11-9;1-2-6(3,4)5/h2-6H,1H2,(H,10,11);2H,1H2,(H2,3,4,5). The van der Waals surface area contributed by atoms with Crippen LogP contribution in [0, 0.1) is 0 Å². The summed E-state index contributed by atoms with van der Waals surface area (Å²) in [4.78, 5) is 23.0. The summed E-state index contributed by atoms with van der Waals surface area (Å²) < 4.78 is 9.58. The third kappa shape index (κ3) is 4.36. The largest absolute Gasteiger partial charge is 0.348 e. The van der Waals surface area contributed by atoms with Gasteiger partial charge in [0.1, 0.15) is 5.82 Å². The summed E-state index contributed by atoms with van der Waals surface area (Å²) in [6.45, 7) is 6.50. The molecule has 0 spiro atoms. The highest BCUT2D eigenvalue weighted by Crippen LogP contribution is 2.34. The molecule has 17 heavy (non-hydrogen) atoms. The Balaban J connectivity index is 0.000000209. The molecule has 0 atom stereocenters. The van der Waals surface area contributed by atoms with E-state index in [0.29, 0.717) is 5.82 Å². The van der Waals surface area contributed by atoms with Crippen LogP contribution in [0.5, 0.6) is 0 Å². The van der Waals surface area contributed by atoms with Gasteiger partial charge in [-0.2, -0.15) is 0 Å². The van der Waals surface area contributed by atoms with Gasteiger partial charge in [-0.3, -0.25) is 4.57 Å². The van der Waals surface area contributed by atoms with Crippen molar-refractivity contribution in [3.8, 4) is 0 Å². The van der Waals surface area contributed by atoms with Crippen LogP contribution in [0.2, 0.25) is 0 Å². The van der Waals surface area contributed by atoms with E-state index in [1.54, 1.807) is 6.08 Å². The number of benzene rings is 1. The van der Waals surface area contributed by atoms with E-state index < -0.39 is 7.60 Å². The summed E-state index contributed by atoms with van der Waals surface area (Å²) in [5.41, 5.74) is 2.05. The van der Waals surface area contributed by atoms with Gasteiger partial charge in [0, 0.05) is 5.82 Å². The molecule has 0 saturated carbocycles. The van der Waals surface area contributed by atoms with Gasteiger partial charge in [0.15, 0.2) is 0 Å². The molecule has 5 nitrogen and oxygen atoms in total. The number of hydrogen-bond acceptors (Lipinski definition) is 2. The normalized spacial score (nSPS) is 10.5. The molecule has 0 saturated heterocycles. The predicted octanol–water partition coefficient (Wildman–Crippen LogP) is 2.51. The molecule has 0 aliphatic heterocycles. The number of rotatable bonds is 2. The number of imidazole rings is 1. The monoisotopic (exact) mass is 252 g/mol. The van der Waals surface area contributed by atoms with Gasteiger partial charge in [-0.1, -0.05) is 25.3 Å². The molecular formula is C11H13N2O3P. The van der Waals surface area contributed by atoms with Crippen molar-refractivity contribution in [1.82, 2.24) is 9.97 Å². The molecule has 0 radical (unpaired) electrons. The van der Waals surface area contributed by atoms with Crippen LogP contribution in [0.25, 0.3) is 17.1 Å². The van der Waals surface area contributed by atoms with E-state index in [4.69, 9.17) is 9.79 Å². The molecular weight excluding hydrogens is 239 g/mol. The first kappa shape index (κ1) is 13.4. The lowest BCUT2D eigenvalue weighted by Crippen LogP contribution is -1.69. The first-order valence-corrected chi connectivity index (χ1v) is 6.40. The molecule has 1 aromatic heterocycles. The molecule has 1 aromatic carbocycles. The van der Waals surface area contributed by atoms with Gasteiger partial charge in [0.2, 0.25) is 0 Å². The maximum absolute atomic E-state index is 9.58. The lowest BCUT2D eigenvalue weighted by Gasteiger charge is -1.87. The van der Waals surface area contributed by atoms with Crippen molar-refractivity contribution in [3.63, 3.8) is 0 Å². The average Bonchev–Trinajstić information content (AvgIpc) is 2.71. The molecule has 0 amide bonds. The molecule has 0 aliphatic carbocycles. The van der Waals surface area contributed by atoms with E-state index in [1.807, 2.05) is 24.3 Å². The molecule has 6 heteroatoms. The van der Waals surface area contributed by atoms with Gasteiger partial charge in [0.25, 0.3) is 0 Å². The first-order valence-electron chi connectivity index (χ1n) is 4.72. The van der Waals surface area contributed by atoms with Crippen molar-refractivity contribution in [2.24, 2.45) is 0 Å². The van der Waals surface area contributed by atoms with E-state index >= 15 is 0 Å². The van der Waals surface area contributed by atoms with Crippen LogP contribution >= 0.6 is 7.60 Å². The zero-order valence-corrected chi connectivity index (χ0v) is 9.97. The molecule has 0 unspecified atom stereocenters. The molecule has 0 aliphatic rings. The van der Waals surface area contributed by atoms with Crippen molar-refractivity contribution in [2.75, 3.05) is 0 Å². The quantitative estimate of drug-likeness (QED) is 0.717. The zero-order chi connectivity index (χ0) is 12.9. The number of H-pyrrole nitrogens is 1. The van der Waals surface area contributed by atoms with Crippen molar-refractivity contribution < 1.29 is 14.4 Å². The van der Waals surface area contributed by atoms with Crippen LogP contribution in [0.4, 0.5) is 0 Å². The minimum Gasteiger partial charge on any atom is -0.338 e. The molecule has 3 N–H and O–H groups in total. The average molecular weight is 252 g/mol. The van der Waals surface area contributed by atoms with Crippen molar-refractivity contribution in [3.05, 3.63) is 49.1 Å². The second-order valence-electron chi connectivity index (χ2n) is 3.11. The topological polar surface area (TPSA) is 86.2 Å². The Hall–Kier alpha value is -1.68.